The highest BCUT2D eigenvalue weighted by Crippen LogP contribution is 2.22. The van der Waals surface area contributed by atoms with Gasteiger partial charge in [0.05, 0.1) is 24.9 Å². The molecule has 2 aliphatic heterocycles. The first-order valence-corrected chi connectivity index (χ1v) is 9.34. The fourth-order valence-corrected chi connectivity index (χ4v) is 3.85. The largest absolute Gasteiger partial charge is 0.380 e. The van der Waals surface area contributed by atoms with E-state index in [9.17, 15) is 4.79 Å². The van der Waals surface area contributed by atoms with Gasteiger partial charge >= 0.3 is 0 Å². The van der Waals surface area contributed by atoms with Crippen LogP contribution in [-0.2, 0) is 20.7 Å². The van der Waals surface area contributed by atoms with E-state index in [1.807, 2.05) is 18.0 Å². The molecule has 1 aromatic rings. The van der Waals surface area contributed by atoms with Crippen LogP contribution in [0.5, 0.6) is 0 Å². The second-order valence-electron chi connectivity index (χ2n) is 7.18. The van der Waals surface area contributed by atoms with E-state index in [4.69, 9.17) is 9.47 Å². The molecule has 2 aliphatic rings. The third-order valence-corrected chi connectivity index (χ3v) is 5.47. The molecule has 0 saturated carbocycles. The fraction of sp³-hybridized carbons (Fsp3) is 0.650. The Hall–Kier alpha value is -1.43. The first-order chi connectivity index (χ1) is 12.2. The topological polar surface area (TPSA) is 42.0 Å². The van der Waals surface area contributed by atoms with E-state index in [0.717, 1.165) is 51.9 Å². The Labute approximate surface area is 150 Å². The molecule has 2 atom stereocenters. The van der Waals surface area contributed by atoms with E-state index in [-0.39, 0.29) is 24.2 Å². The Morgan fingerprint density at radius 1 is 1.16 bits per heavy atom. The van der Waals surface area contributed by atoms with Gasteiger partial charge in [0.25, 0.3) is 0 Å². The monoisotopic (exact) mass is 346 g/mol. The normalized spacial score (nSPS) is 25.4. The quantitative estimate of drug-likeness (QED) is 0.790. The van der Waals surface area contributed by atoms with Crippen LogP contribution in [0.25, 0.3) is 0 Å². The van der Waals surface area contributed by atoms with Crippen molar-refractivity contribution >= 4 is 5.91 Å². The van der Waals surface area contributed by atoms with Crippen molar-refractivity contribution in [2.75, 3.05) is 40.4 Å². The van der Waals surface area contributed by atoms with Gasteiger partial charge in [-0.15, -0.1) is 0 Å². The molecule has 25 heavy (non-hydrogen) atoms. The van der Waals surface area contributed by atoms with Crippen LogP contribution in [0.4, 0.5) is 0 Å². The number of piperidine rings is 1. The number of amides is 1. The highest BCUT2D eigenvalue weighted by atomic mass is 16.5. The summed E-state index contributed by atoms with van der Waals surface area (Å²) in [5.74, 6) is 0.254. The molecule has 0 radical (unpaired) electrons. The maximum atomic E-state index is 12.8. The van der Waals surface area contributed by atoms with Crippen LogP contribution in [0, 0.1) is 0 Å². The van der Waals surface area contributed by atoms with Gasteiger partial charge in [0.1, 0.15) is 0 Å². The van der Waals surface area contributed by atoms with Gasteiger partial charge in [0, 0.05) is 26.7 Å². The molecule has 0 spiro atoms. The van der Waals surface area contributed by atoms with Crippen molar-refractivity contribution in [1.82, 2.24) is 9.80 Å². The molecule has 2 saturated heterocycles. The number of carbonyl (C=O) groups is 1. The van der Waals surface area contributed by atoms with Gasteiger partial charge in [-0.2, -0.15) is 0 Å². The molecule has 0 aliphatic carbocycles. The van der Waals surface area contributed by atoms with E-state index in [0.29, 0.717) is 0 Å². The number of rotatable bonds is 6. The van der Waals surface area contributed by atoms with Gasteiger partial charge < -0.3 is 14.4 Å². The van der Waals surface area contributed by atoms with Crippen LogP contribution in [0.3, 0.4) is 0 Å². The molecule has 0 bridgehead atoms. The van der Waals surface area contributed by atoms with Crippen LogP contribution in [-0.4, -0.2) is 74.4 Å². The van der Waals surface area contributed by atoms with Gasteiger partial charge in [-0.25, -0.2) is 0 Å². The van der Waals surface area contributed by atoms with Crippen LogP contribution in [0.15, 0.2) is 30.3 Å². The number of benzene rings is 1. The summed E-state index contributed by atoms with van der Waals surface area (Å²) in [6.07, 6.45) is 4.08. The molecule has 5 heteroatoms. The lowest BCUT2D eigenvalue weighted by molar-refractivity contribution is -0.138. The summed E-state index contributed by atoms with van der Waals surface area (Å²) < 4.78 is 11.4. The number of hydrogen-bond acceptors (Lipinski definition) is 4. The number of carbonyl (C=O) groups excluding carboxylic acids is 1. The molecule has 0 unspecified atom stereocenters. The van der Waals surface area contributed by atoms with E-state index in [1.165, 1.54) is 5.56 Å². The second kappa shape index (κ2) is 8.79. The van der Waals surface area contributed by atoms with E-state index in [2.05, 4.69) is 29.2 Å². The molecule has 3 rings (SSSR count). The standard InChI is InChI=1S/C20H30N2O3/c1-21-15-18(24-2)14-19(21)20(23)22-11-8-17(9-12-22)25-13-10-16-6-4-3-5-7-16/h3-7,17-19H,8-15H2,1-2H3/t18-,19-/m0/s1. The number of ether oxygens (including phenoxy) is 2. The number of likely N-dealkylation sites (N-methyl/N-ethyl adjacent to an activating group) is 1. The number of nitrogens with zero attached hydrogens (tertiary/aromatic N) is 2. The second-order valence-corrected chi connectivity index (χ2v) is 7.18. The Kier molecular flexibility index (Phi) is 6.45. The number of methoxy groups -OCH3 is 1. The van der Waals surface area contributed by atoms with E-state index in [1.54, 1.807) is 7.11 Å². The summed E-state index contributed by atoms with van der Waals surface area (Å²) in [6, 6.07) is 10.4. The van der Waals surface area contributed by atoms with Crippen LogP contribution in [0.1, 0.15) is 24.8 Å². The number of hydrogen-bond donors (Lipinski definition) is 0. The van der Waals surface area contributed by atoms with Crippen LogP contribution in [0.2, 0.25) is 0 Å². The predicted molar refractivity (Wildman–Crippen MR) is 97.5 cm³/mol. The van der Waals surface area contributed by atoms with E-state index >= 15 is 0 Å². The lowest BCUT2D eigenvalue weighted by Gasteiger charge is -2.34. The summed E-state index contributed by atoms with van der Waals surface area (Å²) in [7, 11) is 3.74. The Bertz CT molecular complexity index is 543. The molecular formula is C20H30N2O3. The van der Waals surface area contributed by atoms with Crippen molar-refractivity contribution in [3.05, 3.63) is 35.9 Å². The summed E-state index contributed by atoms with van der Waals surface area (Å²) in [5, 5.41) is 0. The van der Waals surface area contributed by atoms with Gasteiger partial charge in [-0.1, -0.05) is 30.3 Å². The molecule has 5 nitrogen and oxygen atoms in total. The maximum Gasteiger partial charge on any atom is 0.240 e. The first-order valence-electron chi connectivity index (χ1n) is 9.34. The average molecular weight is 346 g/mol. The SMILES string of the molecule is CO[C@H]1C[C@@H](C(=O)N2CCC(OCCc3ccccc3)CC2)N(C)C1. The zero-order valence-corrected chi connectivity index (χ0v) is 15.4. The zero-order valence-electron chi connectivity index (χ0n) is 15.4. The summed E-state index contributed by atoms with van der Waals surface area (Å²) >= 11 is 0. The summed E-state index contributed by atoms with van der Waals surface area (Å²) in [4.78, 5) is 16.9. The van der Waals surface area contributed by atoms with Crippen molar-refractivity contribution in [2.24, 2.45) is 0 Å². The van der Waals surface area contributed by atoms with Crippen LogP contribution < -0.4 is 0 Å². The van der Waals surface area contributed by atoms with Crippen molar-refractivity contribution in [3.8, 4) is 0 Å². The molecule has 0 aromatic heterocycles. The van der Waals surface area contributed by atoms with Gasteiger partial charge in [0.2, 0.25) is 5.91 Å². The van der Waals surface area contributed by atoms with Crippen molar-refractivity contribution in [1.29, 1.82) is 0 Å². The minimum absolute atomic E-state index is 0.0273. The van der Waals surface area contributed by atoms with Crippen molar-refractivity contribution in [2.45, 2.75) is 43.9 Å². The lowest BCUT2D eigenvalue weighted by atomic mass is 10.1. The molecule has 2 heterocycles. The zero-order chi connectivity index (χ0) is 17.6. The minimum Gasteiger partial charge on any atom is -0.380 e. The van der Waals surface area contributed by atoms with Gasteiger partial charge in [-0.3, -0.25) is 9.69 Å². The summed E-state index contributed by atoms with van der Waals surface area (Å²) in [6.45, 7) is 3.20. The van der Waals surface area contributed by atoms with E-state index < -0.39 is 0 Å². The maximum absolute atomic E-state index is 12.8. The average Bonchev–Trinajstić information content (AvgIpc) is 3.03. The fourth-order valence-electron chi connectivity index (χ4n) is 3.85. The predicted octanol–water partition coefficient (Wildman–Crippen LogP) is 1.96. The highest BCUT2D eigenvalue weighted by molar-refractivity contribution is 5.82. The minimum atomic E-state index is -0.0273. The molecular weight excluding hydrogens is 316 g/mol. The Morgan fingerprint density at radius 3 is 2.52 bits per heavy atom. The van der Waals surface area contributed by atoms with Crippen molar-refractivity contribution in [3.63, 3.8) is 0 Å². The van der Waals surface area contributed by atoms with Gasteiger partial charge in [0.15, 0.2) is 0 Å². The van der Waals surface area contributed by atoms with Gasteiger partial charge in [-0.05, 0) is 38.3 Å². The molecule has 2 fully saturated rings. The van der Waals surface area contributed by atoms with Crippen molar-refractivity contribution < 1.29 is 14.3 Å². The Morgan fingerprint density at radius 2 is 1.88 bits per heavy atom. The highest BCUT2D eigenvalue weighted by Gasteiger charge is 2.37. The summed E-state index contributed by atoms with van der Waals surface area (Å²) in [5.41, 5.74) is 1.31. The first kappa shape index (κ1) is 18.4. The molecule has 0 N–H and O–H groups in total. The Balaban J connectivity index is 1.39. The third kappa shape index (κ3) is 4.81. The lowest BCUT2D eigenvalue weighted by Crippen LogP contribution is -2.48. The smallest absolute Gasteiger partial charge is 0.240 e. The van der Waals surface area contributed by atoms with Crippen LogP contribution >= 0.6 is 0 Å². The third-order valence-electron chi connectivity index (χ3n) is 5.47. The molecule has 1 amide bonds. The molecule has 138 valence electrons. The number of likely N-dealkylation sites (tertiary alicyclic amines) is 2. The molecule has 1 aromatic carbocycles.